The first-order valence-corrected chi connectivity index (χ1v) is 6.48. The van der Waals surface area contributed by atoms with Crippen LogP contribution in [0.4, 0.5) is 11.6 Å². The SMILES string of the molecule is CCC1CCN(c2ncnc(N)c2C(C)C)C1. The highest BCUT2D eigenvalue weighted by Gasteiger charge is 2.25. The lowest BCUT2D eigenvalue weighted by Gasteiger charge is -2.22. The predicted octanol–water partition coefficient (Wildman–Crippen LogP) is 2.42. The van der Waals surface area contributed by atoms with Crippen molar-refractivity contribution in [1.82, 2.24) is 9.97 Å². The summed E-state index contributed by atoms with van der Waals surface area (Å²) in [4.78, 5) is 10.9. The number of anilines is 2. The first kappa shape index (κ1) is 12.1. The number of nitrogen functional groups attached to an aromatic ring is 1. The van der Waals surface area contributed by atoms with E-state index in [1.54, 1.807) is 6.33 Å². The van der Waals surface area contributed by atoms with E-state index in [2.05, 4.69) is 35.6 Å². The maximum absolute atomic E-state index is 5.98. The second-order valence-corrected chi connectivity index (χ2v) is 5.16. The average Bonchev–Trinajstić information content (AvgIpc) is 2.76. The molecule has 1 saturated heterocycles. The van der Waals surface area contributed by atoms with Crippen LogP contribution in [-0.4, -0.2) is 23.1 Å². The molecule has 0 spiro atoms. The molecular weight excluding hydrogens is 212 g/mol. The Balaban J connectivity index is 2.29. The van der Waals surface area contributed by atoms with Gasteiger partial charge in [0, 0.05) is 18.7 Å². The Kier molecular flexibility index (Phi) is 3.50. The number of aromatic nitrogens is 2. The molecule has 17 heavy (non-hydrogen) atoms. The third-order valence-electron chi connectivity index (χ3n) is 3.63. The van der Waals surface area contributed by atoms with Crippen LogP contribution in [0.25, 0.3) is 0 Å². The van der Waals surface area contributed by atoms with E-state index in [1.807, 2.05) is 0 Å². The van der Waals surface area contributed by atoms with Gasteiger partial charge in [-0.25, -0.2) is 9.97 Å². The zero-order valence-electron chi connectivity index (χ0n) is 11.0. The molecule has 0 aromatic carbocycles. The van der Waals surface area contributed by atoms with Crippen molar-refractivity contribution in [2.24, 2.45) is 5.92 Å². The molecule has 1 aliphatic rings. The summed E-state index contributed by atoms with van der Waals surface area (Å²) in [5, 5.41) is 0. The third-order valence-corrected chi connectivity index (χ3v) is 3.63. The van der Waals surface area contributed by atoms with E-state index in [-0.39, 0.29) is 0 Å². The zero-order chi connectivity index (χ0) is 12.4. The molecule has 0 saturated carbocycles. The maximum Gasteiger partial charge on any atom is 0.137 e. The average molecular weight is 234 g/mol. The van der Waals surface area contributed by atoms with Gasteiger partial charge in [0.25, 0.3) is 0 Å². The van der Waals surface area contributed by atoms with Crippen molar-refractivity contribution in [1.29, 1.82) is 0 Å². The second kappa shape index (κ2) is 4.90. The Hall–Kier alpha value is -1.32. The van der Waals surface area contributed by atoms with Crippen LogP contribution in [-0.2, 0) is 0 Å². The molecule has 0 bridgehead atoms. The molecular formula is C13H22N4. The first-order valence-electron chi connectivity index (χ1n) is 6.48. The maximum atomic E-state index is 5.98. The monoisotopic (exact) mass is 234 g/mol. The minimum absolute atomic E-state index is 0.367. The quantitative estimate of drug-likeness (QED) is 0.872. The van der Waals surface area contributed by atoms with E-state index < -0.39 is 0 Å². The van der Waals surface area contributed by atoms with Crippen LogP contribution in [0.1, 0.15) is 45.1 Å². The fourth-order valence-electron chi connectivity index (χ4n) is 2.56. The van der Waals surface area contributed by atoms with Gasteiger partial charge in [-0.05, 0) is 18.3 Å². The van der Waals surface area contributed by atoms with Crippen LogP contribution >= 0.6 is 0 Å². The summed E-state index contributed by atoms with van der Waals surface area (Å²) in [6.45, 7) is 8.74. The van der Waals surface area contributed by atoms with Crippen molar-refractivity contribution in [3.63, 3.8) is 0 Å². The van der Waals surface area contributed by atoms with E-state index in [4.69, 9.17) is 5.73 Å². The lowest BCUT2D eigenvalue weighted by molar-refractivity contribution is 0.568. The van der Waals surface area contributed by atoms with Gasteiger partial charge < -0.3 is 10.6 Å². The molecule has 1 fully saturated rings. The molecule has 0 aliphatic carbocycles. The summed E-state index contributed by atoms with van der Waals surface area (Å²) in [6, 6.07) is 0. The predicted molar refractivity (Wildman–Crippen MR) is 71.1 cm³/mol. The smallest absolute Gasteiger partial charge is 0.137 e. The van der Waals surface area contributed by atoms with Gasteiger partial charge in [-0.2, -0.15) is 0 Å². The van der Waals surface area contributed by atoms with Crippen LogP contribution in [0, 0.1) is 5.92 Å². The van der Waals surface area contributed by atoms with E-state index in [0.717, 1.165) is 30.4 Å². The number of nitrogens with zero attached hydrogens (tertiary/aromatic N) is 3. The van der Waals surface area contributed by atoms with Gasteiger partial charge >= 0.3 is 0 Å². The Bertz CT molecular complexity index is 389. The molecule has 1 aliphatic heterocycles. The van der Waals surface area contributed by atoms with Gasteiger partial charge in [0.1, 0.15) is 18.0 Å². The largest absolute Gasteiger partial charge is 0.383 e. The van der Waals surface area contributed by atoms with Crippen molar-refractivity contribution in [3.8, 4) is 0 Å². The highest BCUT2D eigenvalue weighted by Crippen LogP contribution is 2.32. The summed E-state index contributed by atoms with van der Waals surface area (Å²) in [6.07, 6.45) is 4.09. The van der Waals surface area contributed by atoms with Crippen LogP contribution in [0.5, 0.6) is 0 Å². The number of nitrogens with two attached hydrogens (primary N) is 1. The molecule has 2 N–H and O–H groups in total. The zero-order valence-corrected chi connectivity index (χ0v) is 11.0. The lowest BCUT2D eigenvalue weighted by Crippen LogP contribution is -2.23. The summed E-state index contributed by atoms with van der Waals surface area (Å²) < 4.78 is 0. The molecule has 2 rings (SSSR count). The lowest BCUT2D eigenvalue weighted by atomic mass is 10.0. The molecule has 4 nitrogen and oxygen atoms in total. The van der Waals surface area contributed by atoms with Crippen molar-refractivity contribution in [2.45, 2.75) is 39.5 Å². The fraction of sp³-hybridized carbons (Fsp3) is 0.692. The number of rotatable bonds is 3. The third kappa shape index (κ3) is 2.35. The van der Waals surface area contributed by atoms with Gasteiger partial charge in [-0.1, -0.05) is 27.2 Å². The first-order chi connectivity index (χ1) is 8.13. The highest BCUT2D eigenvalue weighted by atomic mass is 15.2. The Morgan fingerprint density at radius 2 is 2.24 bits per heavy atom. The summed E-state index contributed by atoms with van der Waals surface area (Å²) in [7, 11) is 0. The van der Waals surface area contributed by atoms with E-state index in [1.165, 1.54) is 12.8 Å². The van der Waals surface area contributed by atoms with E-state index >= 15 is 0 Å². The summed E-state index contributed by atoms with van der Waals surface area (Å²) >= 11 is 0. The Labute approximate surface area is 103 Å². The van der Waals surface area contributed by atoms with Gasteiger partial charge in [0.05, 0.1) is 0 Å². The molecule has 0 amide bonds. The molecule has 1 aromatic rings. The van der Waals surface area contributed by atoms with Gasteiger partial charge in [0.2, 0.25) is 0 Å². The molecule has 0 radical (unpaired) electrons. The van der Waals surface area contributed by atoms with Crippen molar-refractivity contribution in [3.05, 3.63) is 11.9 Å². The molecule has 1 aromatic heterocycles. The van der Waals surface area contributed by atoms with Gasteiger partial charge in [-0.3, -0.25) is 0 Å². The summed E-state index contributed by atoms with van der Waals surface area (Å²) in [5.41, 5.74) is 7.08. The fourth-order valence-corrected chi connectivity index (χ4v) is 2.56. The normalized spacial score (nSPS) is 20.2. The molecule has 2 heterocycles. The highest BCUT2D eigenvalue weighted by molar-refractivity contribution is 5.58. The van der Waals surface area contributed by atoms with Gasteiger partial charge in [0.15, 0.2) is 0 Å². The number of hydrogen-bond acceptors (Lipinski definition) is 4. The Morgan fingerprint density at radius 3 is 2.82 bits per heavy atom. The van der Waals surface area contributed by atoms with Gasteiger partial charge in [-0.15, -0.1) is 0 Å². The molecule has 4 heteroatoms. The van der Waals surface area contributed by atoms with Crippen LogP contribution in [0.15, 0.2) is 6.33 Å². The van der Waals surface area contributed by atoms with Crippen LogP contribution < -0.4 is 10.6 Å². The molecule has 1 unspecified atom stereocenters. The van der Waals surface area contributed by atoms with Crippen LogP contribution in [0.2, 0.25) is 0 Å². The van der Waals surface area contributed by atoms with Crippen molar-refractivity contribution < 1.29 is 0 Å². The topological polar surface area (TPSA) is 55.0 Å². The minimum Gasteiger partial charge on any atom is -0.383 e. The molecule has 1 atom stereocenters. The van der Waals surface area contributed by atoms with Crippen LogP contribution in [0.3, 0.4) is 0 Å². The van der Waals surface area contributed by atoms with Crippen molar-refractivity contribution in [2.75, 3.05) is 23.7 Å². The Morgan fingerprint density at radius 1 is 1.47 bits per heavy atom. The standard InChI is InChI=1S/C13H22N4/c1-4-10-5-6-17(7-10)13-11(9(2)3)12(14)15-8-16-13/h8-10H,4-7H2,1-3H3,(H2,14,15,16). The van der Waals surface area contributed by atoms with Crippen molar-refractivity contribution >= 4 is 11.6 Å². The van der Waals surface area contributed by atoms with E-state index in [0.29, 0.717) is 11.7 Å². The second-order valence-electron chi connectivity index (χ2n) is 5.16. The minimum atomic E-state index is 0.367. The molecule has 94 valence electrons. The van der Waals surface area contributed by atoms with E-state index in [9.17, 15) is 0 Å². The number of hydrogen-bond donors (Lipinski definition) is 1. The summed E-state index contributed by atoms with van der Waals surface area (Å²) in [5.74, 6) is 2.84.